The van der Waals surface area contributed by atoms with Crippen LogP contribution in [0.15, 0.2) is 30.3 Å². The molecule has 116 valence electrons. The molecule has 4 unspecified atom stereocenters. The van der Waals surface area contributed by atoms with Crippen LogP contribution >= 0.6 is 8.03 Å². The van der Waals surface area contributed by atoms with Crippen molar-refractivity contribution in [3.05, 3.63) is 35.9 Å². The maximum atomic E-state index is 11.7. The van der Waals surface area contributed by atoms with E-state index in [2.05, 4.69) is 0 Å². The highest BCUT2D eigenvalue weighted by Gasteiger charge is 2.36. The molecule has 0 aliphatic rings. The molecule has 21 heavy (non-hydrogen) atoms. The molecule has 0 aliphatic carbocycles. The summed E-state index contributed by atoms with van der Waals surface area (Å²) in [6.07, 6.45) is -0.506. The summed E-state index contributed by atoms with van der Waals surface area (Å²) in [5.41, 5.74) is -0.231. The fraction of sp³-hybridized carbons (Fsp3) is 0.429. The van der Waals surface area contributed by atoms with Gasteiger partial charge in [-0.1, -0.05) is 37.3 Å². The van der Waals surface area contributed by atoms with Crippen molar-refractivity contribution in [3.8, 4) is 0 Å². The quantitative estimate of drug-likeness (QED) is 0.634. The van der Waals surface area contributed by atoms with Gasteiger partial charge in [-0.15, -0.1) is 0 Å². The number of hydrogen-bond acceptors (Lipinski definition) is 3. The van der Waals surface area contributed by atoms with E-state index in [-0.39, 0.29) is 12.8 Å². The summed E-state index contributed by atoms with van der Waals surface area (Å²) in [7, 11) is -3.13. The van der Waals surface area contributed by atoms with E-state index in [0.717, 1.165) is 5.56 Å². The van der Waals surface area contributed by atoms with Crippen LogP contribution in [-0.2, 0) is 14.2 Å². The third-order valence-corrected chi connectivity index (χ3v) is 5.04. The number of carboxylic acid groups (broad SMARTS) is 2. The monoisotopic (exact) mass is 314 g/mol. The van der Waals surface area contributed by atoms with Gasteiger partial charge in [0.1, 0.15) is 0 Å². The zero-order valence-corrected chi connectivity index (χ0v) is 12.6. The summed E-state index contributed by atoms with van der Waals surface area (Å²) >= 11 is 0. The molecule has 0 bridgehead atoms. The van der Waals surface area contributed by atoms with Crippen molar-refractivity contribution in [1.82, 2.24) is 0 Å². The van der Waals surface area contributed by atoms with E-state index in [1.807, 2.05) is 0 Å². The lowest BCUT2D eigenvalue weighted by Crippen LogP contribution is -2.30. The second-order valence-electron chi connectivity index (χ2n) is 4.94. The Morgan fingerprint density at radius 2 is 1.76 bits per heavy atom. The van der Waals surface area contributed by atoms with E-state index < -0.39 is 37.5 Å². The van der Waals surface area contributed by atoms with Crippen LogP contribution in [0.25, 0.3) is 0 Å². The minimum absolute atomic E-state index is 0.163. The van der Waals surface area contributed by atoms with Crippen LogP contribution in [0.4, 0.5) is 0 Å². The highest BCUT2D eigenvalue weighted by atomic mass is 31.1. The average molecular weight is 314 g/mol. The van der Waals surface area contributed by atoms with Crippen LogP contribution < -0.4 is 0 Å². The van der Waals surface area contributed by atoms with Crippen molar-refractivity contribution in [2.45, 2.75) is 31.3 Å². The van der Waals surface area contributed by atoms with Gasteiger partial charge in [0, 0.05) is 6.42 Å². The predicted octanol–water partition coefficient (Wildman–Crippen LogP) is 2.19. The number of aliphatic carboxylic acids is 2. The Labute approximate surface area is 123 Å². The molecular weight excluding hydrogens is 295 g/mol. The summed E-state index contributed by atoms with van der Waals surface area (Å²) in [5.74, 6) is -3.97. The van der Waals surface area contributed by atoms with Gasteiger partial charge in [0.05, 0.1) is 11.6 Å². The number of carbonyl (C=O) groups is 2. The third kappa shape index (κ3) is 4.99. The van der Waals surface area contributed by atoms with Crippen molar-refractivity contribution in [1.29, 1.82) is 0 Å². The van der Waals surface area contributed by atoms with Crippen LogP contribution in [0.3, 0.4) is 0 Å². The van der Waals surface area contributed by atoms with Crippen LogP contribution in [-0.4, -0.2) is 32.7 Å². The molecule has 7 heteroatoms. The van der Waals surface area contributed by atoms with Gasteiger partial charge in [-0.25, -0.2) is 0 Å². The van der Waals surface area contributed by atoms with E-state index in [0.29, 0.717) is 0 Å². The number of carboxylic acids is 2. The fourth-order valence-electron chi connectivity index (χ4n) is 2.43. The molecule has 6 nitrogen and oxygen atoms in total. The highest BCUT2D eigenvalue weighted by Crippen LogP contribution is 2.41. The van der Waals surface area contributed by atoms with Crippen LogP contribution in [0.1, 0.15) is 31.2 Å². The minimum Gasteiger partial charge on any atom is -0.481 e. The Bertz CT molecular complexity index is 515. The van der Waals surface area contributed by atoms with E-state index >= 15 is 0 Å². The van der Waals surface area contributed by atoms with Gasteiger partial charge in [-0.3, -0.25) is 14.2 Å². The van der Waals surface area contributed by atoms with Gasteiger partial charge in [0.2, 0.25) is 0 Å². The molecule has 0 spiro atoms. The average Bonchev–Trinajstić information content (AvgIpc) is 2.42. The maximum Gasteiger partial charge on any atom is 0.307 e. The van der Waals surface area contributed by atoms with Gasteiger partial charge in [0.25, 0.3) is 0 Å². The Morgan fingerprint density at radius 3 is 2.19 bits per heavy atom. The topological polar surface area (TPSA) is 112 Å². The molecule has 0 aliphatic heterocycles. The first-order valence-electron chi connectivity index (χ1n) is 6.57. The predicted molar refractivity (Wildman–Crippen MR) is 77.9 cm³/mol. The van der Waals surface area contributed by atoms with Crippen molar-refractivity contribution in [2.75, 3.05) is 0 Å². The molecule has 1 aromatic rings. The summed E-state index contributed by atoms with van der Waals surface area (Å²) in [4.78, 5) is 31.6. The molecule has 3 N–H and O–H groups in total. The molecule has 0 fully saturated rings. The summed E-state index contributed by atoms with van der Waals surface area (Å²) in [6, 6.07) is 8.86. The number of rotatable bonds is 8. The SMILES string of the molecule is CC(c1ccccc1)C(C(CCC(=O)O)C(=O)O)[PH](=O)O. The zero-order valence-electron chi connectivity index (χ0n) is 11.6. The number of hydrogen-bond donors (Lipinski definition) is 3. The zero-order chi connectivity index (χ0) is 16.0. The number of benzene rings is 1. The minimum atomic E-state index is -3.13. The standard InChI is InChI=1S/C14H19O6P/c1-9(10-5-3-2-4-6-10)13(21(19)20)11(14(17)18)7-8-12(15)16/h2-6,9,11,13,21H,7-8H2,1H3,(H,15,16)(H,17,18)(H,19,20). The second kappa shape index (κ2) is 7.96. The summed E-state index contributed by atoms with van der Waals surface area (Å²) in [5, 5.41) is 18.0. The molecule has 1 rings (SSSR count). The molecule has 4 atom stereocenters. The molecule has 0 heterocycles. The Hall–Kier alpha value is -1.65. The molecule has 0 aromatic heterocycles. The normalized spacial score (nSPS) is 16.7. The second-order valence-corrected chi connectivity index (χ2v) is 6.28. The van der Waals surface area contributed by atoms with E-state index in [1.165, 1.54) is 0 Å². The van der Waals surface area contributed by atoms with E-state index in [1.54, 1.807) is 37.3 Å². The van der Waals surface area contributed by atoms with Crippen molar-refractivity contribution < 1.29 is 29.3 Å². The first-order chi connectivity index (χ1) is 9.84. The highest BCUT2D eigenvalue weighted by molar-refractivity contribution is 7.39. The largest absolute Gasteiger partial charge is 0.481 e. The van der Waals surface area contributed by atoms with Gasteiger partial charge < -0.3 is 15.1 Å². The van der Waals surface area contributed by atoms with Crippen molar-refractivity contribution >= 4 is 20.0 Å². The lowest BCUT2D eigenvalue weighted by Gasteiger charge is -2.27. The van der Waals surface area contributed by atoms with Crippen LogP contribution in [0.2, 0.25) is 0 Å². The van der Waals surface area contributed by atoms with E-state index in [9.17, 15) is 24.2 Å². The van der Waals surface area contributed by atoms with Gasteiger partial charge in [0.15, 0.2) is 8.03 Å². The molecule has 0 saturated heterocycles. The molecular formula is C14H19O6P. The van der Waals surface area contributed by atoms with Gasteiger partial charge in [-0.05, 0) is 17.9 Å². The molecule has 1 aromatic carbocycles. The van der Waals surface area contributed by atoms with Gasteiger partial charge >= 0.3 is 11.9 Å². The van der Waals surface area contributed by atoms with Gasteiger partial charge in [-0.2, -0.15) is 0 Å². The first-order valence-corrected chi connectivity index (χ1v) is 8.00. The van der Waals surface area contributed by atoms with Crippen molar-refractivity contribution in [2.24, 2.45) is 5.92 Å². The Kier molecular flexibility index (Phi) is 6.59. The van der Waals surface area contributed by atoms with E-state index in [4.69, 9.17) is 5.11 Å². The van der Waals surface area contributed by atoms with Crippen LogP contribution in [0, 0.1) is 5.92 Å². The Morgan fingerprint density at radius 1 is 1.19 bits per heavy atom. The summed E-state index contributed by atoms with van der Waals surface area (Å²) in [6.45, 7) is 1.69. The molecule has 0 saturated carbocycles. The van der Waals surface area contributed by atoms with Crippen molar-refractivity contribution in [3.63, 3.8) is 0 Å². The third-order valence-electron chi connectivity index (χ3n) is 3.57. The Balaban J connectivity index is 3.04. The first kappa shape index (κ1) is 17.4. The molecule has 0 amide bonds. The summed E-state index contributed by atoms with van der Waals surface area (Å²) < 4.78 is 11.7. The fourth-order valence-corrected chi connectivity index (χ4v) is 3.71. The lowest BCUT2D eigenvalue weighted by atomic mass is 9.87. The molecule has 0 radical (unpaired) electrons. The van der Waals surface area contributed by atoms with Crippen LogP contribution in [0.5, 0.6) is 0 Å². The smallest absolute Gasteiger partial charge is 0.307 e. The maximum absolute atomic E-state index is 11.7. The lowest BCUT2D eigenvalue weighted by molar-refractivity contribution is -0.143.